The molecule has 112 valence electrons. The Hall–Kier alpha value is -2.12. The Balaban J connectivity index is 1.94. The number of rotatable bonds is 7. The van der Waals surface area contributed by atoms with Gasteiger partial charge in [-0.1, -0.05) is 17.4 Å². The molecule has 1 aromatic carbocycles. The molecule has 1 aromatic heterocycles. The van der Waals surface area contributed by atoms with Crippen molar-refractivity contribution in [3.8, 4) is 11.5 Å². The quantitative estimate of drug-likeness (QED) is 0.629. The summed E-state index contributed by atoms with van der Waals surface area (Å²) in [6.45, 7) is 1.18. The summed E-state index contributed by atoms with van der Waals surface area (Å²) in [4.78, 5) is 10.2. The standard InChI is InChI=1S/C14H16N2O4S/c1-19-12-4-3-11(13(6-12)20-2)8-15-7-10-5-14(16(17)18)21-9-10/h3-6,9,15H,7-8H2,1-2H3. The van der Waals surface area contributed by atoms with Crippen molar-refractivity contribution in [2.24, 2.45) is 0 Å². The lowest BCUT2D eigenvalue weighted by Crippen LogP contribution is -2.12. The Kier molecular flexibility index (Phi) is 5.13. The predicted octanol–water partition coefficient (Wildman–Crippen LogP) is 2.96. The van der Waals surface area contributed by atoms with Crippen LogP contribution in [0.5, 0.6) is 11.5 Å². The third-order valence-corrected chi connectivity index (χ3v) is 3.89. The summed E-state index contributed by atoms with van der Waals surface area (Å²) < 4.78 is 10.5. The minimum Gasteiger partial charge on any atom is -0.497 e. The predicted molar refractivity (Wildman–Crippen MR) is 81.1 cm³/mol. The molecule has 0 aliphatic rings. The van der Waals surface area contributed by atoms with Crippen LogP contribution in [0.1, 0.15) is 11.1 Å². The maximum Gasteiger partial charge on any atom is 0.324 e. The molecule has 21 heavy (non-hydrogen) atoms. The van der Waals surface area contributed by atoms with Crippen molar-refractivity contribution in [3.63, 3.8) is 0 Å². The molecular weight excluding hydrogens is 292 g/mol. The maximum atomic E-state index is 10.6. The second-order valence-corrected chi connectivity index (χ2v) is 5.22. The highest BCUT2D eigenvalue weighted by Crippen LogP contribution is 2.25. The molecule has 0 fully saturated rings. The van der Waals surface area contributed by atoms with Crippen LogP contribution in [0.15, 0.2) is 29.6 Å². The fraction of sp³-hybridized carbons (Fsp3) is 0.286. The molecular formula is C14H16N2O4S. The first-order valence-electron chi connectivity index (χ1n) is 6.27. The molecule has 0 spiro atoms. The highest BCUT2D eigenvalue weighted by atomic mass is 32.1. The van der Waals surface area contributed by atoms with Crippen LogP contribution in [-0.4, -0.2) is 19.1 Å². The van der Waals surface area contributed by atoms with Gasteiger partial charge < -0.3 is 14.8 Å². The van der Waals surface area contributed by atoms with Crippen molar-refractivity contribution in [1.29, 1.82) is 0 Å². The Bertz CT molecular complexity index is 627. The van der Waals surface area contributed by atoms with Crippen LogP contribution in [-0.2, 0) is 13.1 Å². The van der Waals surface area contributed by atoms with E-state index in [0.717, 1.165) is 34.0 Å². The highest BCUT2D eigenvalue weighted by Gasteiger charge is 2.10. The normalized spacial score (nSPS) is 10.4. The number of methoxy groups -OCH3 is 2. The average Bonchev–Trinajstić information content (AvgIpc) is 2.96. The van der Waals surface area contributed by atoms with Gasteiger partial charge in [0.15, 0.2) is 0 Å². The minimum atomic E-state index is -0.374. The van der Waals surface area contributed by atoms with E-state index in [0.29, 0.717) is 13.1 Å². The summed E-state index contributed by atoms with van der Waals surface area (Å²) in [5.41, 5.74) is 1.90. The van der Waals surface area contributed by atoms with E-state index in [9.17, 15) is 10.1 Å². The smallest absolute Gasteiger partial charge is 0.324 e. The summed E-state index contributed by atoms with van der Waals surface area (Å²) in [7, 11) is 3.22. The van der Waals surface area contributed by atoms with Crippen LogP contribution in [0.2, 0.25) is 0 Å². The number of thiophene rings is 1. The number of nitro groups is 1. The molecule has 1 N–H and O–H groups in total. The van der Waals surface area contributed by atoms with E-state index in [1.54, 1.807) is 25.7 Å². The van der Waals surface area contributed by atoms with Gasteiger partial charge in [-0.3, -0.25) is 10.1 Å². The third-order valence-electron chi connectivity index (χ3n) is 2.96. The molecule has 0 atom stereocenters. The zero-order valence-electron chi connectivity index (χ0n) is 11.8. The van der Waals surface area contributed by atoms with Crippen LogP contribution >= 0.6 is 11.3 Å². The first-order chi connectivity index (χ1) is 10.1. The van der Waals surface area contributed by atoms with Gasteiger partial charge in [0.05, 0.1) is 19.1 Å². The fourth-order valence-corrected chi connectivity index (χ4v) is 2.62. The van der Waals surface area contributed by atoms with Crippen molar-refractivity contribution >= 4 is 16.3 Å². The van der Waals surface area contributed by atoms with Gasteiger partial charge in [0, 0.05) is 36.2 Å². The molecule has 0 bridgehead atoms. The fourth-order valence-electron chi connectivity index (χ4n) is 1.89. The number of hydrogen-bond acceptors (Lipinski definition) is 6. The molecule has 7 heteroatoms. The summed E-state index contributed by atoms with van der Waals surface area (Å²) in [6.07, 6.45) is 0. The molecule has 0 radical (unpaired) electrons. The lowest BCUT2D eigenvalue weighted by molar-refractivity contribution is -0.380. The van der Waals surface area contributed by atoms with Crippen molar-refractivity contribution < 1.29 is 14.4 Å². The number of benzene rings is 1. The third kappa shape index (κ3) is 3.93. The van der Waals surface area contributed by atoms with Gasteiger partial charge in [-0.25, -0.2) is 0 Å². The van der Waals surface area contributed by atoms with E-state index in [4.69, 9.17) is 9.47 Å². The van der Waals surface area contributed by atoms with E-state index in [-0.39, 0.29) is 9.92 Å². The average molecular weight is 308 g/mol. The van der Waals surface area contributed by atoms with Crippen LogP contribution in [0.25, 0.3) is 0 Å². The van der Waals surface area contributed by atoms with Crippen LogP contribution in [0.4, 0.5) is 5.00 Å². The van der Waals surface area contributed by atoms with E-state index in [2.05, 4.69) is 5.32 Å². The van der Waals surface area contributed by atoms with E-state index < -0.39 is 0 Å². The van der Waals surface area contributed by atoms with Gasteiger partial charge in [0.25, 0.3) is 0 Å². The van der Waals surface area contributed by atoms with Crippen LogP contribution in [0, 0.1) is 10.1 Å². The first kappa shape index (κ1) is 15.3. The first-order valence-corrected chi connectivity index (χ1v) is 7.15. The van der Waals surface area contributed by atoms with Crippen molar-refractivity contribution in [1.82, 2.24) is 5.32 Å². The van der Waals surface area contributed by atoms with Gasteiger partial charge in [-0.05, 0) is 11.6 Å². The zero-order chi connectivity index (χ0) is 15.2. The molecule has 0 saturated carbocycles. The van der Waals surface area contributed by atoms with Crippen molar-refractivity contribution in [2.45, 2.75) is 13.1 Å². The molecule has 0 aliphatic heterocycles. The zero-order valence-corrected chi connectivity index (χ0v) is 12.6. The van der Waals surface area contributed by atoms with Crippen LogP contribution < -0.4 is 14.8 Å². The number of hydrogen-bond donors (Lipinski definition) is 1. The molecule has 0 aliphatic carbocycles. The van der Waals surface area contributed by atoms with Gasteiger partial charge in [0.1, 0.15) is 11.5 Å². The largest absolute Gasteiger partial charge is 0.497 e. The molecule has 6 nitrogen and oxygen atoms in total. The molecule has 0 saturated heterocycles. The van der Waals surface area contributed by atoms with Crippen molar-refractivity contribution in [2.75, 3.05) is 14.2 Å². The van der Waals surface area contributed by atoms with Gasteiger partial charge in [0.2, 0.25) is 0 Å². The molecule has 1 heterocycles. The summed E-state index contributed by atoms with van der Waals surface area (Å²) in [5.74, 6) is 1.49. The Morgan fingerprint density at radius 2 is 2.05 bits per heavy atom. The Morgan fingerprint density at radius 3 is 2.67 bits per heavy atom. The monoisotopic (exact) mass is 308 g/mol. The Labute approximate surface area is 126 Å². The number of nitrogens with zero attached hydrogens (tertiary/aromatic N) is 1. The van der Waals surface area contributed by atoms with E-state index in [1.807, 2.05) is 18.2 Å². The van der Waals surface area contributed by atoms with E-state index >= 15 is 0 Å². The van der Waals surface area contributed by atoms with Gasteiger partial charge >= 0.3 is 5.00 Å². The van der Waals surface area contributed by atoms with E-state index in [1.165, 1.54) is 0 Å². The molecule has 0 amide bonds. The SMILES string of the molecule is COc1ccc(CNCc2csc([N+](=O)[O-])c2)c(OC)c1. The van der Waals surface area contributed by atoms with Gasteiger partial charge in [-0.2, -0.15) is 0 Å². The van der Waals surface area contributed by atoms with Gasteiger partial charge in [-0.15, -0.1) is 0 Å². The maximum absolute atomic E-state index is 10.6. The number of ether oxygens (including phenoxy) is 2. The second kappa shape index (κ2) is 7.05. The summed E-state index contributed by atoms with van der Waals surface area (Å²) >= 11 is 1.14. The minimum absolute atomic E-state index is 0.161. The van der Waals surface area contributed by atoms with Crippen LogP contribution in [0.3, 0.4) is 0 Å². The topological polar surface area (TPSA) is 73.6 Å². The number of nitrogens with one attached hydrogen (secondary N) is 1. The van der Waals surface area contributed by atoms with Crippen molar-refractivity contribution in [3.05, 3.63) is 50.9 Å². The highest BCUT2D eigenvalue weighted by molar-refractivity contribution is 7.13. The lowest BCUT2D eigenvalue weighted by Gasteiger charge is -2.10. The second-order valence-electron chi connectivity index (χ2n) is 4.33. The lowest BCUT2D eigenvalue weighted by atomic mass is 10.2. The molecule has 0 unspecified atom stereocenters. The molecule has 2 aromatic rings. The molecule has 2 rings (SSSR count). The summed E-state index contributed by atoms with van der Waals surface area (Å²) in [5, 5.41) is 15.8. The Morgan fingerprint density at radius 1 is 1.24 bits per heavy atom. The summed E-state index contributed by atoms with van der Waals surface area (Å²) in [6, 6.07) is 7.21.